The van der Waals surface area contributed by atoms with Gasteiger partial charge in [0.2, 0.25) is 0 Å². The molecule has 7 heteroatoms. The molecule has 0 aliphatic rings. The summed E-state index contributed by atoms with van der Waals surface area (Å²) in [5.41, 5.74) is 0.511. The van der Waals surface area contributed by atoms with Crippen molar-refractivity contribution in [3.05, 3.63) is 70.8 Å². The molecule has 128 valence electrons. The lowest BCUT2D eigenvalue weighted by Gasteiger charge is -2.19. The molecule has 2 N–H and O–H groups in total. The lowest BCUT2D eigenvalue weighted by Crippen LogP contribution is -2.38. The Kier molecular flexibility index (Phi) is 5.43. The third kappa shape index (κ3) is 4.24. The molecule has 0 aliphatic carbocycles. The number of benzene rings is 2. The van der Waals surface area contributed by atoms with E-state index >= 15 is 0 Å². The van der Waals surface area contributed by atoms with Gasteiger partial charge in [0.15, 0.2) is 11.6 Å². The van der Waals surface area contributed by atoms with Crippen LogP contribution in [0.3, 0.4) is 0 Å². The minimum atomic E-state index is -1.01. The van der Waals surface area contributed by atoms with Gasteiger partial charge in [-0.05, 0) is 37.6 Å². The zero-order valence-electron chi connectivity index (χ0n) is 13.0. The van der Waals surface area contributed by atoms with E-state index in [9.17, 15) is 22.4 Å². The molecule has 0 radical (unpaired) electrons. The van der Waals surface area contributed by atoms with Crippen molar-refractivity contribution < 1.29 is 22.4 Å². The average molecular weight is 340 g/mol. The highest BCUT2D eigenvalue weighted by molar-refractivity contribution is 5.75. The highest BCUT2D eigenvalue weighted by Gasteiger charge is 2.16. The molecular formula is C17H16F4N2O. The maximum Gasteiger partial charge on any atom is 0.315 e. The molecule has 3 nitrogen and oxygen atoms in total. The van der Waals surface area contributed by atoms with Gasteiger partial charge in [-0.15, -0.1) is 0 Å². The number of hydrogen-bond donors (Lipinski definition) is 2. The first-order valence-electron chi connectivity index (χ1n) is 7.25. The van der Waals surface area contributed by atoms with Crippen LogP contribution in [0.25, 0.3) is 0 Å². The SMILES string of the molecule is C[C@H](NC(=O)N[C@H](C)c1ccc(F)c(F)c1)c1ccc(F)cc1F. The topological polar surface area (TPSA) is 41.1 Å². The van der Waals surface area contributed by atoms with E-state index in [-0.39, 0.29) is 5.56 Å². The molecule has 2 amide bonds. The molecule has 2 aromatic rings. The Labute approximate surface area is 136 Å². The van der Waals surface area contributed by atoms with E-state index in [1.165, 1.54) is 19.1 Å². The second-order valence-corrected chi connectivity index (χ2v) is 5.40. The van der Waals surface area contributed by atoms with Crippen LogP contribution in [0.15, 0.2) is 36.4 Å². The quantitative estimate of drug-likeness (QED) is 0.798. The standard InChI is InChI=1S/C17H16F4N2O/c1-9(11-3-6-14(19)16(21)7-11)22-17(24)23-10(2)13-5-4-12(18)8-15(13)20/h3-10H,1-2H3,(H2,22,23,24)/t9-,10+/m1/s1. The molecule has 0 aliphatic heterocycles. The van der Waals surface area contributed by atoms with Crippen molar-refractivity contribution in [1.29, 1.82) is 0 Å². The van der Waals surface area contributed by atoms with Crippen LogP contribution in [0, 0.1) is 23.3 Å². The Balaban J connectivity index is 2.00. The number of urea groups is 1. The minimum absolute atomic E-state index is 0.132. The molecule has 0 aromatic heterocycles. The second-order valence-electron chi connectivity index (χ2n) is 5.40. The number of carbonyl (C=O) groups is 1. The van der Waals surface area contributed by atoms with E-state index in [4.69, 9.17) is 0 Å². The molecule has 0 saturated carbocycles. The monoisotopic (exact) mass is 340 g/mol. The lowest BCUT2D eigenvalue weighted by atomic mass is 10.1. The fraction of sp³-hybridized carbons (Fsp3) is 0.235. The highest BCUT2D eigenvalue weighted by atomic mass is 19.2. The summed E-state index contributed by atoms with van der Waals surface area (Å²) in [5.74, 6) is -3.46. The van der Waals surface area contributed by atoms with E-state index < -0.39 is 41.4 Å². The minimum Gasteiger partial charge on any atom is -0.332 e. The molecule has 24 heavy (non-hydrogen) atoms. The van der Waals surface area contributed by atoms with Crippen LogP contribution >= 0.6 is 0 Å². The smallest absolute Gasteiger partial charge is 0.315 e. The maximum atomic E-state index is 13.7. The van der Waals surface area contributed by atoms with Gasteiger partial charge in [-0.25, -0.2) is 22.4 Å². The highest BCUT2D eigenvalue weighted by Crippen LogP contribution is 2.19. The zero-order valence-corrected chi connectivity index (χ0v) is 13.0. The molecule has 2 atom stereocenters. The second kappa shape index (κ2) is 7.33. The summed E-state index contributed by atoms with van der Waals surface area (Å²) in [6.45, 7) is 3.13. The van der Waals surface area contributed by atoms with Crippen LogP contribution in [-0.2, 0) is 0 Å². The molecule has 0 unspecified atom stereocenters. The molecule has 2 aromatic carbocycles. The summed E-state index contributed by atoms with van der Waals surface area (Å²) in [7, 11) is 0. The summed E-state index contributed by atoms with van der Waals surface area (Å²) in [4.78, 5) is 12.0. The predicted octanol–water partition coefficient (Wildman–Crippen LogP) is 4.36. The van der Waals surface area contributed by atoms with Crippen molar-refractivity contribution in [3.63, 3.8) is 0 Å². The van der Waals surface area contributed by atoms with Crippen molar-refractivity contribution >= 4 is 6.03 Å². The Morgan fingerprint density at radius 3 is 2.12 bits per heavy atom. The summed E-state index contributed by atoms with van der Waals surface area (Å²) >= 11 is 0. The summed E-state index contributed by atoms with van der Waals surface area (Å²) in [6, 6.07) is 4.46. The predicted molar refractivity (Wildman–Crippen MR) is 81.2 cm³/mol. The molecule has 0 bridgehead atoms. The van der Waals surface area contributed by atoms with Crippen LogP contribution in [0.4, 0.5) is 22.4 Å². The first-order chi connectivity index (χ1) is 11.3. The van der Waals surface area contributed by atoms with Gasteiger partial charge in [-0.2, -0.15) is 0 Å². The van der Waals surface area contributed by atoms with E-state index in [1.54, 1.807) is 6.92 Å². The van der Waals surface area contributed by atoms with E-state index in [0.717, 1.165) is 24.3 Å². The normalized spacial score (nSPS) is 13.2. The number of halogens is 4. The van der Waals surface area contributed by atoms with E-state index in [0.29, 0.717) is 5.56 Å². The largest absolute Gasteiger partial charge is 0.332 e. The van der Waals surface area contributed by atoms with Crippen molar-refractivity contribution in [2.24, 2.45) is 0 Å². The van der Waals surface area contributed by atoms with E-state index in [2.05, 4.69) is 10.6 Å². The summed E-state index contributed by atoms with van der Waals surface area (Å²) in [6.07, 6.45) is 0. The number of rotatable bonds is 4. The Morgan fingerprint density at radius 1 is 0.833 bits per heavy atom. The third-order valence-electron chi connectivity index (χ3n) is 3.57. The van der Waals surface area contributed by atoms with Gasteiger partial charge in [-0.3, -0.25) is 0 Å². The van der Waals surface area contributed by atoms with Gasteiger partial charge < -0.3 is 10.6 Å². The van der Waals surface area contributed by atoms with Crippen LogP contribution < -0.4 is 10.6 Å². The number of amides is 2. The molecule has 0 saturated heterocycles. The fourth-order valence-corrected chi connectivity index (χ4v) is 2.23. The van der Waals surface area contributed by atoms with Crippen LogP contribution in [0.5, 0.6) is 0 Å². The molecule has 2 rings (SSSR count). The molecular weight excluding hydrogens is 324 g/mol. The van der Waals surface area contributed by atoms with Crippen molar-refractivity contribution in [2.75, 3.05) is 0 Å². The van der Waals surface area contributed by atoms with Crippen molar-refractivity contribution in [2.45, 2.75) is 25.9 Å². The third-order valence-corrected chi connectivity index (χ3v) is 3.57. The van der Waals surface area contributed by atoms with Crippen molar-refractivity contribution in [1.82, 2.24) is 10.6 Å². The number of carbonyl (C=O) groups excluding carboxylic acids is 1. The van der Waals surface area contributed by atoms with Gasteiger partial charge >= 0.3 is 6.03 Å². The Bertz CT molecular complexity index is 751. The van der Waals surface area contributed by atoms with Gasteiger partial charge in [-0.1, -0.05) is 12.1 Å². The Morgan fingerprint density at radius 2 is 1.50 bits per heavy atom. The Hall–Kier alpha value is -2.57. The van der Waals surface area contributed by atoms with Gasteiger partial charge in [0.1, 0.15) is 11.6 Å². The van der Waals surface area contributed by atoms with Crippen LogP contribution in [-0.4, -0.2) is 6.03 Å². The van der Waals surface area contributed by atoms with Gasteiger partial charge in [0.25, 0.3) is 0 Å². The zero-order chi connectivity index (χ0) is 17.9. The summed E-state index contributed by atoms with van der Waals surface area (Å²) < 4.78 is 52.7. The van der Waals surface area contributed by atoms with Gasteiger partial charge in [0, 0.05) is 11.6 Å². The van der Waals surface area contributed by atoms with E-state index in [1.807, 2.05) is 0 Å². The molecule has 0 fully saturated rings. The first kappa shape index (κ1) is 17.8. The van der Waals surface area contributed by atoms with Crippen LogP contribution in [0.1, 0.15) is 37.1 Å². The van der Waals surface area contributed by atoms with Crippen molar-refractivity contribution in [3.8, 4) is 0 Å². The molecule has 0 heterocycles. The fourth-order valence-electron chi connectivity index (χ4n) is 2.23. The maximum absolute atomic E-state index is 13.7. The molecule has 0 spiro atoms. The summed E-state index contributed by atoms with van der Waals surface area (Å²) in [5, 5.41) is 5.04. The number of hydrogen-bond acceptors (Lipinski definition) is 1. The first-order valence-corrected chi connectivity index (χ1v) is 7.25. The van der Waals surface area contributed by atoms with Crippen LogP contribution in [0.2, 0.25) is 0 Å². The van der Waals surface area contributed by atoms with Gasteiger partial charge in [0.05, 0.1) is 12.1 Å². The lowest BCUT2D eigenvalue weighted by molar-refractivity contribution is 0.234. The number of nitrogens with one attached hydrogen (secondary N) is 2. The average Bonchev–Trinajstić information content (AvgIpc) is 2.49.